The van der Waals surface area contributed by atoms with E-state index in [1.54, 1.807) is 0 Å². The minimum absolute atomic E-state index is 0.0769. The molecule has 1 aliphatic heterocycles. The van der Waals surface area contributed by atoms with Crippen molar-refractivity contribution in [2.24, 2.45) is 11.8 Å². The predicted octanol–water partition coefficient (Wildman–Crippen LogP) is 2.13. The number of nitrogens with one attached hydrogen (secondary N) is 2. The van der Waals surface area contributed by atoms with Gasteiger partial charge in [-0.1, -0.05) is 19.9 Å². The Hall–Kier alpha value is -2.67. The summed E-state index contributed by atoms with van der Waals surface area (Å²) in [6.07, 6.45) is -4.52. The van der Waals surface area contributed by atoms with Gasteiger partial charge >= 0.3 is 18.2 Å². The molecule has 2 rings (SSSR count). The highest BCUT2D eigenvalue weighted by molar-refractivity contribution is 7.89. The largest absolute Gasteiger partial charge is 0.455 e. The average Bonchev–Trinajstić information content (AvgIpc) is 2.75. The maximum Gasteiger partial charge on any atom is 0.416 e. The molecule has 3 amide bonds. The summed E-state index contributed by atoms with van der Waals surface area (Å²) in [6.45, 7) is 3.25. The molecule has 1 saturated heterocycles. The van der Waals surface area contributed by atoms with Crippen molar-refractivity contribution in [3.05, 3.63) is 29.8 Å². The predicted molar refractivity (Wildman–Crippen MR) is 110 cm³/mol. The summed E-state index contributed by atoms with van der Waals surface area (Å²) in [5.74, 6) is -2.02. The van der Waals surface area contributed by atoms with Crippen molar-refractivity contribution in [1.82, 2.24) is 14.9 Å². The van der Waals surface area contributed by atoms with Crippen LogP contribution in [0.1, 0.15) is 32.3 Å². The summed E-state index contributed by atoms with van der Waals surface area (Å²) in [5, 5.41) is 4.49. The normalized spacial score (nSPS) is 15.8. The highest BCUT2D eigenvalue weighted by atomic mass is 32.2. The zero-order valence-corrected chi connectivity index (χ0v) is 19.0. The zero-order chi connectivity index (χ0) is 24.8. The van der Waals surface area contributed by atoms with E-state index in [2.05, 4.69) is 5.32 Å². The second-order valence-electron chi connectivity index (χ2n) is 7.96. The fraction of sp³-hybridized carbons (Fsp3) is 0.550. The highest BCUT2D eigenvalue weighted by Gasteiger charge is 2.35. The number of hydrogen-bond donors (Lipinski definition) is 2. The van der Waals surface area contributed by atoms with Gasteiger partial charge in [-0.15, -0.1) is 0 Å². The molecular weight excluding hydrogens is 467 g/mol. The van der Waals surface area contributed by atoms with Gasteiger partial charge in [0.25, 0.3) is 5.91 Å². The van der Waals surface area contributed by atoms with E-state index >= 15 is 0 Å². The molecule has 2 N–H and O–H groups in total. The number of imide groups is 1. The van der Waals surface area contributed by atoms with E-state index in [9.17, 15) is 36.0 Å². The van der Waals surface area contributed by atoms with Crippen molar-refractivity contribution < 1.29 is 40.7 Å². The molecule has 0 saturated carbocycles. The number of hydrogen-bond acceptors (Lipinski definition) is 6. The second kappa shape index (κ2) is 11.0. The van der Waals surface area contributed by atoms with Crippen LogP contribution in [0.3, 0.4) is 0 Å². The number of urea groups is 1. The van der Waals surface area contributed by atoms with E-state index in [0.717, 1.165) is 22.5 Å². The second-order valence-corrected chi connectivity index (χ2v) is 9.90. The molecule has 9 nitrogen and oxygen atoms in total. The Morgan fingerprint density at radius 1 is 1.18 bits per heavy atom. The lowest BCUT2D eigenvalue weighted by atomic mass is 9.98. The van der Waals surface area contributed by atoms with Crippen molar-refractivity contribution >= 4 is 27.9 Å². The van der Waals surface area contributed by atoms with E-state index in [1.807, 2.05) is 19.2 Å². The number of esters is 1. The quantitative estimate of drug-likeness (QED) is 0.562. The first-order chi connectivity index (χ1) is 15.3. The van der Waals surface area contributed by atoms with Crippen molar-refractivity contribution in [1.29, 1.82) is 0 Å². The molecule has 1 aliphatic rings. The van der Waals surface area contributed by atoms with Crippen LogP contribution in [0.5, 0.6) is 0 Å². The molecule has 33 heavy (non-hydrogen) atoms. The number of piperidine rings is 1. The first-order valence-electron chi connectivity index (χ1n) is 10.2. The zero-order valence-electron chi connectivity index (χ0n) is 18.1. The summed E-state index contributed by atoms with van der Waals surface area (Å²) in [6, 6.07) is 2.75. The van der Waals surface area contributed by atoms with Gasteiger partial charge in [-0.05, 0) is 37.0 Å². The molecule has 0 bridgehead atoms. The Morgan fingerprint density at radius 2 is 1.82 bits per heavy atom. The molecule has 0 atom stereocenters. The summed E-state index contributed by atoms with van der Waals surface area (Å²) >= 11 is 0. The fourth-order valence-corrected chi connectivity index (χ4v) is 4.59. The van der Waals surface area contributed by atoms with Crippen LogP contribution in [0.2, 0.25) is 0 Å². The molecule has 1 aromatic rings. The van der Waals surface area contributed by atoms with Gasteiger partial charge in [-0.2, -0.15) is 17.5 Å². The Morgan fingerprint density at radius 3 is 2.39 bits per heavy atom. The monoisotopic (exact) mass is 493 g/mol. The van der Waals surface area contributed by atoms with Gasteiger partial charge in [-0.3, -0.25) is 14.9 Å². The summed E-state index contributed by atoms with van der Waals surface area (Å²) in [7, 11) is -4.17. The number of rotatable bonds is 7. The summed E-state index contributed by atoms with van der Waals surface area (Å²) < 4.78 is 70.0. The van der Waals surface area contributed by atoms with Crippen LogP contribution in [0.15, 0.2) is 29.2 Å². The maximum absolute atomic E-state index is 12.9. The molecule has 0 radical (unpaired) electrons. The van der Waals surface area contributed by atoms with Crippen molar-refractivity contribution in [3.8, 4) is 0 Å². The number of carbonyl (C=O) groups is 3. The molecule has 1 fully saturated rings. The number of sulfonamides is 1. The van der Waals surface area contributed by atoms with Crippen LogP contribution in [-0.2, 0) is 30.5 Å². The standard InChI is InChI=1S/C20H26F3N3O6S/c1-13(2)11-24-19(29)25-17(27)12-32-18(28)14-6-8-26(9-7-14)33(30,31)16-5-3-4-15(10-16)20(21,22)23/h3-5,10,13-14H,6-9,11-12H2,1-2H3,(H2,24,25,27,29). The van der Waals surface area contributed by atoms with Gasteiger partial charge in [-0.25, -0.2) is 13.2 Å². The SMILES string of the molecule is CC(C)CNC(=O)NC(=O)COC(=O)C1CCN(S(=O)(=O)c2cccc(C(F)(F)F)c2)CC1. The van der Waals surface area contributed by atoms with Gasteiger partial charge in [0, 0.05) is 19.6 Å². The van der Waals surface area contributed by atoms with Gasteiger partial charge in [0.05, 0.1) is 16.4 Å². The van der Waals surface area contributed by atoms with E-state index in [-0.39, 0.29) is 31.8 Å². The molecule has 13 heteroatoms. The Kier molecular flexibility index (Phi) is 8.83. The van der Waals surface area contributed by atoms with Gasteiger partial charge in [0.15, 0.2) is 6.61 Å². The molecule has 0 aromatic heterocycles. The van der Waals surface area contributed by atoms with Crippen molar-refractivity contribution in [3.63, 3.8) is 0 Å². The first-order valence-corrected chi connectivity index (χ1v) is 11.7. The average molecular weight is 494 g/mol. The fourth-order valence-electron chi connectivity index (χ4n) is 3.07. The van der Waals surface area contributed by atoms with Gasteiger partial charge < -0.3 is 10.1 Å². The lowest BCUT2D eigenvalue weighted by Crippen LogP contribution is -2.43. The van der Waals surface area contributed by atoms with Crippen LogP contribution >= 0.6 is 0 Å². The number of carbonyl (C=O) groups excluding carboxylic acids is 3. The smallest absolute Gasteiger partial charge is 0.416 e. The third-order valence-electron chi connectivity index (χ3n) is 4.86. The van der Waals surface area contributed by atoms with Crippen LogP contribution in [0, 0.1) is 11.8 Å². The maximum atomic E-state index is 12.9. The number of nitrogens with zero attached hydrogens (tertiary/aromatic N) is 1. The molecule has 1 heterocycles. The number of ether oxygens (including phenoxy) is 1. The lowest BCUT2D eigenvalue weighted by molar-refractivity contribution is -0.153. The minimum atomic E-state index is -4.68. The van der Waals surface area contributed by atoms with Gasteiger partial charge in [0.1, 0.15) is 0 Å². The number of benzene rings is 1. The van der Waals surface area contributed by atoms with E-state index in [1.165, 1.54) is 0 Å². The van der Waals surface area contributed by atoms with Crippen LogP contribution in [-0.4, -0.2) is 56.9 Å². The van der Waals surface area contributed by atoms with Crippen LogP contribution in [0.25, 0.3) is 0 Å². The summed E-state index contributed by atoms with van der Waals surface area (Å²) in [4.78, 5) is 34.9. The Balaban J connectivity index is 1.86. The third kappa shape index (κ3) is 7.70. The molecule has 0 spiro atoms. The molecule has 184 valence electrons. The Bertz CT molecular complexity index is 974. The van der Waals surface area contributed by atoms with E-state index in [4.69, 9.17) is 4.74 Å². The first kappa shape index (κ1) is 26.6. The lowest BCUT2D eigenvalue weighted by Gasteiger charge is -2.30. The van der Waals surface area contributed by atoms with E-state index in [0.29, 0.717) is 12.6 Å². The van der Waals surface area contributed by atoms with Gasteiger partial charge in [0.2, 0.25) is 10.0 Å². The third-order valence-corrected chi connectivity index (χ3v) is 6.75. The summed E-state index contributed by atoms with van der Waals surface area (Å²) in [5.41, 5.74) is -1.07. The van der Waals surface area contributed by atoms with Crippen molar-refractivity contribution in [2.45, 2.75) is 37.8 Å². The van der Waals surface area contributed by atoms with E-state index < -0.39 is 57.1 Å². The molecule has 0 aliphatic carbocycles. The minimum Gasteiger partial charge on any atom is -0.455 e. The number of amides is 3. The molecule has 0 unspecified atom stereocenters. The van der Waals surface area contributed by atoms with Crippen LogP contribution in [0.4, 0.5) is 18.0 Å². The Labute approximate surface area is 189 Å². The topological polar surface area (TPSA) is 122 Å². The molecular formula is C20H26F3N3O6S. The number of halogens is 3. The van der Waals surface area contributed by atoms with Crippen molar-refractivity contribution in [2.75, 3.05) is 26.2 Å². The number of alkyl halides is 3. The highest BCUT2D eigenvalue weighted by Crippen LogP contribution is 2.32. The van der Waals surface area contributed by atoms with Crippen LogP contribution < -0.4 is 10.6 Å². The molecule has 1 aromatic carbocycles.